The summed E-state index contributed by atoms with van der Waals surface area (Å²) in [4.78, 5) is 10.8. The van der Waals surface area contributed by atoms with Gasteiger partial charge in [-0.3, -0.25) is 4.79 Å². The average molecular weight is 332 g/mol. The van der Waals surface area contributed by atoms with E-state index in [1.165, 1.54) is 52.1 Å². The molecule has 0 saturated heterocycles. The van der Waals surface area contributed by atoms with Gasteiger partial charge >= 0.3 is 5.97 Å². The van der Waals surface area contributed by atoms with Gasteiger partial charge in [0, 0.05) is 6.61 Å². The molecule has 138 valence electrons. The van der Waals surface area contributed by atoms with Gasteiger partial charge in [0.15, 0.2) is 0 Å². The van der Waals surface area contributed by atoms with Crippen molar-refractivity contribution in [1.82, 2.24) is 0 Å². The SMILES string of the molecule is CCCCCCCCCCOCCOCCOCCC(=O)OC. The van der Waals surface area contributed by atoms with Crippen LogP contribution in [0.1, 0.15) is 64.7 Å². The molecule has 0 aliphatic carbocycles. The highest BCUT2D eigenvalue weighted by molar-refractivity contribution is 5.69. The van der Waals surface area contributed by atoms with Crippen LogP contribution in [0.4, 0.5) is 0 Å². The Bertz CT molecular complexity index is 246. The van der Waals surface area contributed by atoms with E-state index in [1.807, 2.05) is 0 Å². The molecule has 0 fully saturated rings. The standard InChI is InChI=1S/C18H36O5/c1-3-4-5-6-7-8-9-10-12-21-14-16-23-17-15-22-13-11-18(19)20-2/h3-17H2,1-2H3. The molecule has 0 aromatic rings. The Morgan fingerprint density at radius 3 is 1.70 bits per heavy atom. The maximum absolute atomic E-state index is 10.8. The number of hydrogen-bond donors (Lipinski definition) is 0. The second-order valence-electron chi connectivity index (χ2n) is 5.64. The summed E-state index contributed by atoms with van der Waals surface area (Å²) in [6.45, 7) is 5.71. The Morgan fingerprint density at radius 2 is 1.13 bits per heavy atom. The molecule has 0 heterocycles. The predicted molar refractivity (Wildman–Crippen MR) is 91.7 cm³/mol. The van der Waals surface area contributed by atoms with Gasteiger partial charge < -0.3 is 18.9 Å². The number of carbonyl (C=O) groups is 1. The molecule has 0 saturated carbocycles. The number of carbonyl (C=O) groups excluding carboxylic acids is 1. The van der Waals surface area contributed by atoms with Crippen molar-refractivity contribution in [2.75, 3.05) is 46.8 Å². The Kier molecular flexibility index (Phi) is 18.8. The third-order valence-corrected chi connectivity index (χ3v) is 3.56. The third kappa shape index (κ3) is 19.3. The van der Waals surface area contributed by atoms with E-state index in [9.17, 15) is 4.79 Å². The maximum atomic E-state index is 10.8. The molecule has 0 aliphatic rings. The summed E-state index contributed by atoms with van der Waals surface area (Å²) in [5, 5.41) is 0. The van der Waals surface area contributed by atoms with Crippen molar-refractivity contribution in [2.24, 2.45) is 0 Å². The van der Waals surface area contributed by atoms with Gasteiger partial charge in [-0.1, -0.05) is 51.9 Å². The molecule has 0 unspecified atom stereocenters. The molecule has 0 N–H and O–H groups in total. The van der Waals surface area contributed by atoms with E-state index in [0.29, 0.717) is 33.0 Å². The molecule has 0 bridgehead atoms. The topological polar surface area (TPSA) is 54.0 Å². The van der Waals surface area contributed by atoms with Crippen molar-refractivity contribution in [3.05, 3.63) is 0 Å². The van der Waals surface area contributed by atoms with Crippen molar-refractivity contribution in [3.8, 4) is 0 Å². The Balaban J connectivity index is 2.99. The Morgan fingerprint density at radius 1 is 0.652 bits per heavy atom. The molecule has 0 amide bonds. The second-order valence-corrected chi connectivity index (χ2v) is 5.64. The normalized spacial score (nSPS) is 10.9. The molecule has 0 aromatic heterocycles. The van der Waals surface area contributed by atoms with Gasteiger partial charge in [0.25, 0.3) is 0 Å². The third-order valence-electron chi connectivity index (χ3n) is 3.56. The molecule has 0 aromatic carbocycles. The Labute approximate surface area is 142 Å². The van der Waals surface area contributed by atoms with Gasteiger partial charge in [-0.15, -0.1) is 0 Å². The first-order chi connectivity index (χ1) is 11.3. The van der Waals surface area contributed by atoms with E-state index < -0.39 is 0 Å². The summed E-state index contributed by atoms with van der Waals surface area (Å²) in [7, 11) is 1.37. The molecule has 5 nitrogen and oxygen atoms in total. The second kappa shape index (κ2) is 19.4. The number of hydrogen-bond acceptors (Lipinski definition) is 5. The van der Waals surface area contributed by atoms with E-state index in [0.717, 1.165) is 13.0 Å². The van der Waals surface area contributed by atoms with Gasteiger partial charge in [-0.25, -0.2) is 0 Å². The van der Waals surface area contributed by atoms with Crippen LogP contribution in [0.15, 0.2) is 0 Å². The van der Waals surface area contributed by atoms with Crippen molar-refractivity contribution >= 4 is 5.97 Å². The number of rotatable bonds is 18. The van der Waals surface area contributed by atoms with Crippen LogP contribution >= 0.6 is 0 Å². The fraction of sp³-hybridized carbons (Fsp3) is 0.944. The van der Waals surface area contributed by atoms with E-state index in [-0.39, 0.29) is 12.4 Å². The van der Waals surface area contributed by atoms with Crippen LogP contribution in [-0.4, -0.2) is 52.7 Å². The zero-order valence-corrected chi connectivity index (χ0v) is 15.1. The van der Waals surface area contributed by atoms with Crippen molar-refractivity contribution in [3.63, 3.8) is 0 Å². The lowest BCUT2D eigenvalue weighted by Gasteiger charge is -2.06. The van der Waals surface area contributed by atoms with Crippen LogP contribution in [0.25, 0.3) is 0 Å². The highest BCUT2D eigenvalue weighted by Crippen LogP contribution is 2.08. The van der Waals surface area contributed by atoms with Crippen molar-refractivity contribution in [2.45, 2.75) is 64.7 Å². The van der Waals surface area contributed by atoms with Crippen LogP contribution in [0.3, 0.4) is 0 Å². The van der Waals surface area contributed by atoms with Crippen LogP contribution in [0, 0.1) is 0 Å². The molecule has 23 heavy (non-hydrogen) atoms. The molecule has 0 aliphatic heterocycles. The van der Waals surface area contributed by atoms with Gasteiger partial charge in [0.2, 0.25) is 0 Å². The molecular weight excluding hydrogens is 296 g/mol. The first-order valence-electron chi connectivity index (χ1n) is 9.11. The van der Waals surface area contributed by atoms with Crippen molar-refractivity contribution in [1.29, 1.82) is 0 Å². The maximum Gasteiger partial charge on any atom is 0.307 e. The fourth-order valence-corrected chi connectivity index (χ4v) is 2.14. The molecule has 0 radical (unpaired) electrons. The largest absolute Gasteiger partial charge is 0.469 e. The number of methoxy groups -OCH3 is 1. The lowest BCUT2D eigenvalue weighted by Crippen LogP contribution is -2.12. The minimum absolute atomic E-state index is 0.250. The van der Waals surface area contributed by atoms with Crippen molar-refractivity contribution < 1.29 is 23.7 Å². The van der Waals surface area contributed by atoms with Gasteiger partial charge in [0.1, 0.15) is 0 Å². The summed E-state index contributed by atoms with van der Waals surface area (Å²) in [5.74, 6) is -0.250. The quantitative estimate of drug-likeness (QED) is 0.283. The van der Waals surface area contributed by atoms with E-state index in [1.54, 1.807) is 0 Å². The fourth-order valence-electron chi connectivity index (χ4n) is 2.14. The van der Waals surface area contributed by atoms with E-state index in [2.05, 4.69) is 11.7 Å². The summed E-state index contributed by atoms with van der Waals surface area (Å²) in [6, 6.07) is 0. The minimum Gasteiger partial charge on any atom is -0.469 e. The smallest absolute Gasteiger partial charge is 0.307 e. The molecule has 0 spiro atoms. The monoisotopic (exact) mass is 332 g/mol. The van der Waals surface area contributed by atoms with Crippen LogP contribution < -0.4 is 0 Å². The molecule has 0 atom stereocenters. The summed E-state index contributed by atoms with van der Waals surface area (Å²) in [5.41, 5.74) is 0. The minimum atomic E-state index is -0.250. The van der Waals surface area contributed by atoms with Crippen LogP contribution in [-0.2, 0) is 23.7 Å². The molecule has 0 rings (SSSR count). The lowest BCUT2D eigenvalue weighted by atomic mass is 10.1. The predicted octanol–water partition coefficient (Wildman–Crippen LogP) is 3.74. The van der Waals surface area contributed by atoms with E-state index in [4.69, 9.17) is 14.2 Å². The number of unbranched alkanes of at least 4 members (excludes halogenated alkanes) is 7. The average Bonchev–Trinajstić information content (AvgIpc) is 2.57. The summed E-state index contributed by atoms with van der Waals surface area (Å²) < 4.78 is 20.7. The van der Waals surface area contributed by atoms with Gasteiger partial charge in [0.05, 0.1) is 46.6 Å². The Hall–Kier alpha value is -0.650. The molecular formula is C18H36O5. The number of ether oxygens (including phenoxy) is 4. The summed E-state index contributed by atoms with van der Waals surface area (Å²) >= 11 is 0. The zero-order chi connectivity index (χ0) is 17.0. The number of esters is 1. The zero-order valence-electron chi connectivity index (χ0n) is 15.1. The molecule has 5 heteroatoms. The van der Waals surface area contributed by atoms with E-state index >= 15 is 0 Å². The van der Waals surface area contributed by atoms with Gasteiger partial charge in [-0.2, -0.15) is 0 Å². The van der Waals surface area contributed by atoms with Crippen LogP contribution in [0.2, 0.25) is 0 Å². The highest BCUT2D eigenvalue weighted by Gasteiger charge is 1.99. The summed E-state index contributed by atoms with van der Waals surface area (Å²) in [6.07, 6.45) is 10.8. The highest BCUT2D eigenvalue weighted by atomic mass is 16.5. The first-order valence-corrected chi connectivity index (χ1v) is 9.11. The first kappa shape index (κ1) is 22.4. The lowest BCUT2D eigenvalue weighted by molar-refractivity contribution is -0.141. The van der Waals surface area contributed by atoms with Gasteiger partial charge in [-0.05, 0) is 6.42 Å². The van der Waals surface area contributed by atoms with Crippen LogP contribution in [0.5, 0.6) is 0 Å².